The molecule has 0 saturated carbocycles. The van der Waals surface area contributed by atoms with Crippen LogP contribution in [-0.2, 0) is 6.54 Å². The predicted octanol–water partition coefficient (Wildman–Crippen LogP) is 4.45. The van der Waals surface area contributed by atoms with E-state index in [0.717, 1.165) is 49.2 Å². The van der Waals surface area contributed by atoms with Crippen LogP contribution in [0.1, 0.15) is 45.5 Å². The molecule has 1 saturated heterocycles. The summed E-state index contributed by atoms with van der Waals surface area (Å²) in [6.07, 6.45) is 1.58. The number of pyridine rings is 1. The summed E-state index contributed by atoms with van der Waals surface area (Å²) < 4.78 is 5.99. The van der Waals surface area contributed by atoms with Crippen molar-refractivity contribution in [1.29, 1.82) is 5.26 Å². The van der Waals surface area contributed by atoms with Crippen LogP contribution in [0.3, 0.4) is 0 Å². The van der Waals surface area contributed by atoms with Gasteiger partial charge >= 0.3 is 5.69 Å². The summed E-state index contributed by atoms with van der Waals surface area (Å²) in [5.41, 5.74) is 8.86. The molecule has 2 heterocycles. The maximum Gasteiger partial charge on any atom is 0.311 e. The number of ether oxygens (including phenoxy) is 1. The van der Waals surface area contributed by atoms with E-state index in [1.54, 1.807) is 24.3 Å². The minimum Gasteiger partial charge on any atom is -0.438 e. The zero-order valence-electron chi connectivity index (χ0n) is 20.7. The largest absolute Gasteiger partial charge is 0.438 e. The number of anilines is 1. The number of primary amides is 1. The van der Waals surface area contributed by atoms with E-state index in [1.165, 1.54) is 12.1 Å². The van der Waals surface area contributed by atoms with Crippen molar-refractivity contribution in [1.82, 2.24) is 9.88 Å². The molecule has 0 aliphatic carbocycles. The molecule has 3 N–H and O–H groups in total. The van der Waals surface area contributed by atoms with Crippen LogP contribution in [0.15, 0.2) is 48.5 Å². The van der Waals surface area contributed by atoms with E-state index in [-0.39, 0.29) is 23.4 Å². The second kappa shape index (κ2) is 11.1. The molecular formula is C27H28N6O4. The van der Waals surface area contributed by atoms with Crippen LogP contribution in [0.5, 0.6) is 11.6 Å². The second-order valence-electron chi connectivity index (χ2n) is 9.18. The van der Waals surface area contributed by atoms with E-state index < -0.39 is 10.8 Å². The number of nitriles is 1. The average Bonchev–Trinajstić information content (AvgIpc) is 2.87. The summed E-state index contributed by atoms with van der Waals surface area (Å²) in [6, 6.07) is 15.7. The molecule has 3 aromatic rings. The van der Waals surface area contributed by atoms with Crippen molar-refractivity contribution < 1.29 is 14.5 Å². The van der Waals surface area contributed by atoms with Gasteiger partial charge in [0, 0.05) is 43.4 Å². The van der Waals surface area contributed by atoms with Crippen LogP contribution in [0, 0.1) is 35.3 Å². The Morgan fingerprint density at radius 3 is 2.41 bits per heavy atom. The van der Waals surface area contributed by atoms with Crippen molar-refractivity contribution in [2.45, 2.75) is 39.3 Å². The lowest BCUT2D eigenvalue weighted by molar-refractivity contribution is -0.384. The van der Waals surface area contributed by atoms with Crippen LogP contribution in [0.2, 0.25) is 0 Å². The molecule has 2 aromatic carbocycles. The number of nitrogens with two attached hydrogens (primary N) is 1. The minimum atomic E-state index is -0.456. The van der Waals surface area contributed by atoms with Crippen LogP contribution in [-0.4, -0.2) is 39.8 Å². The number of carbonyl (C=O) groups excluding carboxylic acids is 1. The van der Waals surface area contributed by atoms with Gasteiger partial charge in [0.25, 0.3) is 0 Å². The number of aryl methyl sites for hydroxylation is 2. The summed E-state index contributed by atoms with van der Waals surface area (Å²) in [7, 11) is 0. The fourth-order valence-electron chi connectivity index (χ4n) is 4.49. The molecule has 0 bridgehead atoms. The summed E-state index contributed by atoms with van der Waals surface area (Å²) in [5.74, 6) is 0.536. The van der Waals surface area contributed by atoms with Gasteiger partial charge in [0.2, 0.25) is 17.6 Å². The SMILES string of the molecule is Cc1cc(C#N)cc(C)c1Oc1ccc([N+](=O)[O-])c(NC2CCN(Cc3ccc(C(N)=O)cc3)CC2)n1. The number of hydrogen-bond donors (Lipinski definition) is 2. The number of likely N-dealkylation sites (tertiary alicyclic amines) is 1. The predicted molar refractivity (Wildman–Crippen MR) is 138 cm³/mol. The molecule has 1 aliphatic rings. The molecule has 0 spiro atoms. The molecular weight excluding hydrogens is 472 g/mol. The Morgan fingerprint density at radius 2 is 1.84 bits per heavy atom. The van der Waals surface area contributed by atoms with Gasteiger partial charge in [-0.1, -0.05) is 12.1 Å². The first-order valence-electron chi connectivity index (χ1n) is 12.0. The maximum absolute atomic E-state index is 11.7. The first-order valence-corrected chi connectivity index (χ1v) is 12.0. The standard InChI is InChI=1S/C27H28N6O4/c1-17-13-20(15-28)14-18(2)25(17)37-24-8-7-23(33(35)36)27(31-24)30-22-9-11-32(12-10-22)16-19-3-5-21(6-4-19)26(29)34/h3-8,13-14,22H,9-12,16H2,1-2H3,(H2,29,34)(H,30,31). The first kappa shape index (κ1) is 25.6. The topological polar surface area (TPSA) is 147 Å². The molecule has 190 valence electrons. The zero-order chi connectivity index (χ0) is 26.5. The number of amides is 1. The maximum atomic E-state index is 11.7. The highest BCUT2D eigenvalue weighted by Gasteiger charge is 2.24. The lowest BCUT2D eigenvalue weighted by atomic mass is 10.0. The second-order valence-corrected chi connectivity index (χ2v) is 9.18. The van der Waals surface area contributed by atoms with Crippen molar-refractivity contribution >= 4 is 17.4 Å². The van der Waals surface area contributed by atoms with Crippen LogP contribution in [0.25, 0.3) is 0 Å². The van der Waals surface area contributed by atoms with Crippen molar-refractivity contribution in [3.63, 3.8) is 0 Å². The van der Waals surface area contributed by atoms with E-state index in [2.05, 4.69) is 21.3 Å². The molecule has 1 fully saturated rings. The number of carbonyl (C=O) groups is 1. The third-order valence-corrected chi connectivity index (χ3v) is 6.41. The Balaban J connectivity index is 1.42. The lowest BCUT2D eigenvalue weighted by Gasteiger charge is -2.32. The number of hydrogen-bond acceptors (Lipinski definition) is 8. The molecule has 0 atom stereocenters. The number of nitrogens with zero attached hydrogens (tertiary/aromatic N) is 4. The Labute approximate surface area is 214 Å². The lowest BCUT2D eigenvalue weighted by Crippen LogP contribution is -2.38. The van der Waals surface area contributed by atoms with E-state index in [0.29, 0.717) is 16.9 Å². The molecule has 1 aromatic heterocycles. The fourth-order valence-corrected chi connectivity index (χ4v) is 4.49. The number of nitrogens with one attached hydrogen (secondary N) is 1. The summed E-state index contributed by atoms with van der Waals surface area (Å²) in [4.78, 5) is 29.2. The van der Waals surface area contributed by atoms with Gasteiger partial charge in [-0.2, -0.15) is 10.2 Å². The number of benzene rings is 2. The highest BCUT2D eigenvalue weighted by Crippen LogP contribution is 2.33. The molecule has 0 unspecified atom stereocenters. The third kappa shape index (κ3) is 6.20. The number of rotatable bonds is 8. The molecule has 1 aliphatic heterocycles. The van der Waals surface area contributed by atoms with Crippen molar-refractivity contribution in [3.05, 3.63) is 86.5 Å². The van der Waals surface area contributed by atoms with Gasteiger partial charge in [0.15, 0.2) is 0 Å². The molecule has 0 radical (unpaired) electrons. The summed E-state index contributed by atoms with van der Waals surface area (Å²) in [5, 5.41) is 24.1. The van der Waals surface area contributed by atoms with Crippen LogP contribution < -0.4 is 15.8 Å². The number of piperidine rings is 1. The third-order valence-electron chi connectivity index (χ3n) is 6.41. The Kier molecular flexibility index (Phi) is 7.65. The van der Waals surface area contributed by atoms with Crippen LogP contribution in [0.4, 0.5) is 11.5 Å². The summed E-state index contributed by atoms with van der Waals surface area (Å²) in [6.45, 7) is 6.05. The minimum absolute atomic E-state index is 0.0216. The van der Waals surface area contributed by atoms with Crippen molar-refractivity contribution in [2.24, 2.45) is 5.73 Å². The highest BCUT2D eigenvalue weighted by molar-refractivity contribution is 5.92. The summed E-state index contributed by atoms with van der Waals surface area (Å²) >= 11 is 0. The normalized spacial score (nSPS) is 14.1. The molecule has 4 rings (SSSR count). The molecule has 10 heteroatoms. The van der Waals surface area contributed by atoms with Gasteiger partial charge in [-0.05, 0) is 67.6 Å². The first-order chi connectivity index (χ1) is 17.7. The smallest absolute Gasteiger partial charge is 0.311 e. The highest BCUT2D eigenvalue weighted by atomic mass is 16.6. The number of nitro groups is 1. The van der Waals surface area contributed by atoms with Crippen molar-refractivity contribution in [3.8, 4) is 17.7 Å². The zero-order valence-corrected chi connectivity index (χ0v) is 20.7. The Hall–Kier alpha value is -4.49. The Bertz CT molecular complexity index is 1340. The molecule has 37 heavy (non-hydrogen) atoms. The fraction of sp³-hybridized carbons (Fsp3) is 0.296. The van der Waals surface area contributed by atoms with Gasteiger partial charge in [-0.15, -0.1) is 0 Å². The van der Waals surface area contributed by atoms with E-state index in [4.69, 9.17) is 15.7 Å². The van der Waals surface area contributed by atoms with Gasteiger partial charge in [-0.3, -0.25) is 19.8 Å². The van der Waals surface area contributed by atoms with E-state index in [1.807, 2.05) is 26.0 Å². The van der Waals surface area contributed by atoms with Gasteiger partial charge in [-0.25, -0.2) is 0 Å². The quantitative estimate of drug-likeness (QED) is 0.341. The van der Waals surface area contributed by atoms with E-state index in [9.17, 15) is 14.9 Å². The molecule has 1 amide bonds. The van der Waals surface area contributed by atoms with Gasteiger partial charge in [0.05, 0.1) is 16.6 Å². The monoisotopic (exact) mass is 500 g/mol. The molecule has 10 nitrogen and oxygen atoms in total. The van der Waals surface area contributed by atoms with Gasteiger partial charge < -0.3 is 15.8 Å². The number of aromatic nitrogens is 1. The van der Waals surface area contributed by atoms with E-state index >= 15 is 0 Å². The van der Waals surface area contributed by atoms with Crippen molar-refractivity contribution in [2.75, 3.05) is 18.4 Å². The van der Waals surface area contributed by atoms with Gasteiger partial charge in [0.1, 0.15) is 5.75 Å². The average molecular weight is 501 g/mol. The Morgan fingerprint density at radius 1 is 1.19 bits per heavy atom. The van der Waals surface area contributed by atoms with Crippen LogP contribution >= 0.6 is 0 Å².